The fraction of sp³-hybridized carbons (Fsp3) is 0.333. The van der Waals surface area contributed by atoms with Crippen molar-refractivity contribution in [3.63, 3.8) is 0 Å². The van der Waals surface area contributed by atoms with Gasteiger partial charge in [-0.2, -0.15) is 5.10 Å². The first-order valence-electron chi connectivity index (χ1n) is 11.8. The molecule has 184 valence electrons. The Hall–Kier alpha value is -4.00. The molecule has 0 spiro atoms. The Bertz CT molecular complexity index is 1540. The number of nitrogen functional groups attached to an aromatic ring is 1. The van der Waals surface area contributed by atoms with E-state index >= 15 is 0 Å². The van der Waals surface area contributed by atoms with Gasteiger partial charge in [0.25, 0.3) is 0 Å². The Kier molecular flexibility index (Phi) is 6.31. The summed E-state index contributed by atoms with van der Waals surface area (Å²) >= 11 is 0. The fourth-order valence-electron chi connectivity index (χ4n) is 5.00. The molecule has 0 amide bonds. The molecule has 1 aliphatic rings. The van der Waals surface area contributed by atoms with E-state index in [9.17, 15) is 4.79 Å². The number of imidazole rings is 1. The number of hydrogen-bond acceptors (Lipinski definition) is 7. The second kappa shape index (κ2) is 9.57. The first-order chi connectivity index (χ1) is 17.4. The zero-order chi connectivity index (χ0) is 25.4. The van der Waals surface area contributed by atoms with Gasteiger partial charge in [0.15, 0.2) is 0 Å². The van der Waals surface area contributed by atoms with Gasteiger partial charge in [-0.15, -0.1) is 0 Å². The van der Waals surface area contributed by atoms with Crippen LogP contribution in [0.1, 0.15) is 29.5 Å². The van der Waals surface area contributed by atoms with E-state index in [1.165, 1.54) is 0 Å². The second-order valence-electron chi connectivity index (χ2n) is 9.26. The number of carbonyl (C=O) groups is 1. The summed E-state index contributed by atoms with van der Waals surface area (Å²) in [4.78, 5) is 22.3. The number of fused-ring (bicyclic) bond motifs is 2. The lowest BCUT2D eigenvalue weighted by atomic mass is 10.1. The van der Waals surface area contributed by atoms with Gasteiger partial charge >= 0.3 is 0 Å². The Balaban J connectivity index is 1.52. The Morgan fingerprint density at radius 1 is 1.31 bits per heavy atom. The first kappa shape index (κ1) is 23.7. The van der Waals surface area contributed by atoms with Crippen LogP contribution in [0.4, 0.5) is 5.82 Å². The maximum Gasteiger partial charge on any atom is 0.147 e. The molecule has 0 bridgehead atoms. The maximum absolute atomic E-state index is 11.2. The number of benzene rings is 1. The number of rotatable bonds is 6. The highest BCUT2D eigenvalue weighted by atomic mass is 16.5. The minimum atomic E-state index is 0.0669. The molecule has 0 unspecified atom stereocenters. The van der Waals surface area contributed by atoms with Gasteiger partial charge in [0.2, 0.25) is 0 Å². The van der Waals surface area contributed by atoms with E-state index in [4.69, 9.17) is 15.6 Å². The molecule has 9 heteroatoms. The molecular formula is C27H29N7O2. The van der Waals surface area contributed by atoms with Crippen LogP contribution in [0.2, 0.25) is 0 Å². The monoisotopic (exact) mass is 483 g/mol. The molecule has 1 aliphatic heterocycles. The van der Waals surface area contributed by atoms with Gasteiger partial charge < -0.3 is 15.0 Å². The van der Waals surface area contributed by atoms with Crippen molar-refractivity contribution in [3.05, 3.63) is 59.7 Å². The summed E-state index contributed by atoms with van der Waals surface area (Å²) in [5.74, 6) is 7.82. The molecule has 1 fully saturated rings. The number of aromatic nitrogens is 5. The number of carbonyl (C=O) groups excluding carboxylic acids is 1. The minimum absolute atomic E-state index is 0.0669. The number of methoxy groups -OCH3 is 1. The molecule has 1 aromatic carbocycles. The lowest BCUT2D eigenvalue weighted by Gasteiger charge is -2.22. The quantitative estimate of drug-likeness (QED) is 0.255. The zero-order valence-electron chi connectivity index (χ0n) is 20.7. The summed E-state index contributed by atoms with van der Waals surface area (Å²) in [7, 11) is 3.69. The third-order valence-electron chi connectivity index (χ3n) is 6.86. The molecule has 4 aromatic rings. The first-order valence-corrected chi connectivity index (χ1v) is 11.8. The standard InChI is InChI=1S/C27H29N7O2/c1-17(15-35)13-33-14-20(12-21(33)16-36-4)34-25-9-10-29-27(28)26(25)22(31-34)7-5-19-6-8-24-23(11-19)30-18(2)32(24)3/h6,8-11,15,20-21H,1,12-14,16H2,2-4H3,(H2,28,29)/t20-,21+/m0/s1. The molecular weight excluding hydrogens is 454 g/mol. The van der Waals surface area contributed by atoms with E-state index < -0.39 is 0 Å². The number of nitrogens with zero attached hydrogens (tertiary/aromatic N) is 6. The average Bonchev–Trinajstić information content (AvgIpc) is 3.52. The third kappa shape index (κ3) is 4.26. The number of anilines is 1. The summed E-state index contributed by atoms with van der Waals surface area (Å²) < 4.78 is 9.50. The maximum atomic E-state index is 11.2. The number of hydrogen-bond donors (Lipinski definition) is 1. The largest absolute Gasteiger partial charge is 0.383 e. The number of aryl methyl sites for hydroxylation is 2. The van der Waals surface area contributed by atoms with Crippen molar-refractivity contribution in [2.24, 2.45) is 7.05 Å². The molecule has 4 heterocycles. The van der Waals surface area contributed by atoms with Crippen LogP contribution in [0.3, 0.4) is 0 Å². The SMILES string of the molecule is C=C(C=O)CN1C[C@@H](n2nc(C#Cc3ccc4c(c3)nc(C)n4C)c3c(N)nccc32)C[C@@H]1COC. The van der Waals surface area contributed by atoms with Gasteiger partial charge in [-0.25, -0.2) is 9.97 Å². The van der Waals surface area contributed by atoms with Crippen molar-refractivity contribution < 1.29 is 9.53 Å². The lowest BCUT2D eigenvalue weighted by Crippen LogP contribution is -2.34. The molecule has 3 aromatic heterocycles. The van der Waals surface area contributed by atoms with E-state index in [2.05, 4.69) is 37.9 Å². The van der Waals surface area contributed by atoms with Gasteiger partial charge in [-0.3, -0.25) is 14.4 Å². The molecule has 0 radical (unpaired) electrons. The summed E-state index contributed by atoms with van der Waals surface area (Å²) in [6.07, 6.45) is 3.32. The molecule has 0 aliphatic carbocycles. The Labute approximate surface area is 209 Å². The highest BCUT2D eigenvalue weighted by molar-refractivity contribution is 5.93. The molecule has 0 saturated carbocycles. The van der Waals surface area contributed by atoms with E-state index in [0.29, 0.717) is 36.8 Å². The number of pyridine rings is 1. The van der Waals surface area contributed by atoms with E-state index in [0.717, 1.165) is 46.0 Å². The van der Waals surface area contributed by atoms with Gasteiger partial charge in [0.05, 0.1) is 34.6 Å². The minimum Gasteiger partial charge on any atom is -0.383 e. The van der Waals surface area contributed by atoms with Gasteiger partial charge in [-0.05, 0) is 49.1 Å². The normalized spacial score (nSPS) is 18.0. The van der Waals surface area contributed by atoms with Crippen LogP contribution >= 0.6 is 0 Å². The predicted molar refractivity (Wildman–Crippen MR) is 139 cm³/mol. The van der Waals surface area contributed by atoms with Crippen molar-refractivity contribution in [2.45, 2.75) is 25.4 Å². The molecule has 2 atom stereocenters. The number of likely N-dealkylation sites (tertiary alicyclic amines) is 1. The molecule has 1 saturated heterocycles. The highest BCUT2D eigenvalue weighted by Crippen LogP contribution is 2.32. The predicted octanol–water partition coefficient (Wildman–Crippen LogP) is 2.63. The second-order valence-corrected chi connectivity index (χ2v) is 9.26. The fourth-order valence-corrected chi connectivity index (χ4v) is 5.00. The van der Waals surface area contributed by atoms with E-state index in [1.54, 1.807) is 13.3 Å². The van der Waals surface area contributed by atoms with Crippen molar-refractivity contribution >= 4 is 34.0 Å². The third-order valence-corrected chi connectivity index (χ3v) is 6.86. The van der Waals surface area contributed by atoms with Crippen LogP contribution in [-0.4, -0.2) is 68.3 Å². The average molecular weight is 484 g/mol. The van der Waals surface area contributed by atoms with Gasteiger partial charge in [-0.1, -0.05) is 12.5 Å². The Morgan fingerprint density at radius 3 is 2.92 bits per heavy atom. The molecule has 36 heavy (non-hydrogen) atoms. The summed E-state index contributed by atoms with van der Waals surface area (Å²) in [5, 5.41) is 5.65. The van der Waals surface area contributed by atoms with Crippen LogP contribution in [0.5, 0.6) is 0 Å². The molecule has 2 N–H and O–H groups in total. The van der Waals surface area contributed by atoms with Gasteiger partial charge in [0, 0.05) is 45.0 Å². The highest BCUT2D eigenvalue weighted by Gasteiger charge is 2.35. The van der Waals surface area contributed by atoms with Crippen LogP contribution < -0.4 is 5.73 Å². The summed E-state index contributed by atoms with van der Waals surface area (Å²) in [6, 6.07) is 8.14. The van der Waals surface area contributed by atoms with Gasteiger partial charge in [0.1, 0.15) is 23.6 Å². The van der Waals surface area contributed by atoms with Crippen molar-refractivity contribution in [3.8, 4) is 11.8 Å². The number of nitrogens with two attached hydrogens (primary N) is 1. The summed E-state index contributed by atoms with van der Waals surface area (Å²) in [6.45, 7) is 7.61. The van der Waals surface area contributed by atoms with Crippen LogP contribution in [0, 0.1) is 18.8 Å². The smallest absolute Gasteiger partial charge is 0.147 e. The van der Waals surface area contributed by atoms with E-state index in [1.807, 2.05) is 42.9 Å². The Morgan fingerprint density at radius 2 is 2.14 bits per heavy atom. The van der Waals surface area contributed by atoms with E-state index in [-0.39, 0.29) is 12.1 Å². The summed E-state index contributed by atoms with van der Waals surface area (Å²) in [5.41, 5.74) is 11.1. The van der Waals surface area contributed by atoms with Crippen molar-refractivity contribution in [1.29, 1.82) is 0 Å². The molecule has 5 rings (SSSR count). The molecule has 9 nitrogen and oxygen atoms in total. The number of ether oxygens (including phenoxy) is 1. The van der Waals surface area contributed by atoms with Crippen molar-refractivity contribution in [2.75, 3.05) is 32.5 Å². The lowest BCUT2D eigenvalue weighted by molar-refractivity contribution is -0.105. The zero-order valence-corrected chi connectivity index (χ0v) is 20.7. The van der Waals surface area contributed by atoms with Crippen molar-refractivity contribution in [1.82, 2.24) is 29.2 Å². The van der Waals surface area contributed by atoms with Crippen LogP contribution in [-0.2, 0) is 16.6 Å². The topological polar surface area (TPSA) is 104 Å². The number of aldehydes is 1. The van der Waals surface area contributed by atoms with Crippen LogP contribution in [0.25, 0.3) is 21.9 Å². The van der Waals surface area contributed by atoms with Crippen LogP contribution in [0.15, 0.2) is 42.6 Å².